The van der Waals surface area contributed by atoms with Crippen LogP contribution in [0, 0.1) is 0 Å². The molecule has 118 valence electrons. The van der Waals surface area contributed by atoms with Crippen LogP contribution in [0.3, 0.4) is 0 Å². The highest BCUT2D eigenvalue weighted by Crippen LogP contribution is 2.28. The van der Waals surface area contributed by atoms with Crippen LogP contribution in [0.25, 0.3) is 0 Å². The Morgan fingerprint density at radius 3 is 2.71 bits per heavy atom. The summed E-state index contributed by atoms with van der Waals surface area (Å²) in [5.74, 6) is 0. The molecule has 1 aromatic carbocycles. The molecule has 1 saturated heterocycles. The number of sulfonamides is 1. The summed E-state index contributed by atoms with van der Waals surface area (Å²) in [4.78, 5) is 0.334. The molecule has 0 radical (unpaired) electrons. The fraction of sp³-hybridized carbons (Fsp3) is 0.600. The van der Waals surface area contributed by atoms with E-state index < -0.39 is 10.0 Å². The molecule has 1 fully saturated rings. The van der Waals surface area contributed by atoms with Gasteiger partial charge in [0.2, 0.25) is 10.0 Å². The largest absolute Gasteiger partial charge is 0.310 e. The average Bonchev–Trinajstić information content (AvgIpc) is 2.84. The molecule has 0 aliphatic carbocycles. The second-order valence-corrected chi connectivity index (χ2v) is 8.19. The first kappa shape index (κ1) is 16.7. The summed E-state index contributed by atoms with van der Waals surface area (Å²) in [6, 6.07) is 5.36. The van der Waals surface area contributed by atoms with E-state index in [0.29, 0.717) is 29.0 Å². The van der Waals surface area contributed by atoms with E-state index in [1.807, 2.05) is 20.8 Å². The minimum absolute atomic E-state index is 0.0721. The fourth-order valence-corrected chi connectivity index (χ4v) is 4.50. The van der Waals surface area contributed by atoms with E-state index in [2.05, 4.69) is 5.32 Å². The summed E-state index contributed by atoms with van der Waals surface area (Å²) >= 11 is 6.17. The highest BCUT2D eigenvalue weighted by Gasteiger charge is 2.32. The van der Waals surface area contributed by atoms with Crippen molar-refractivity contribution in [1.82, 2.24) is 9.62 Å². The zero-order valence-corrected chi connectivity index (χ0v) is 14.3. The van der Waals surface area contributed by atoms with Crippen LogP contribution >= 0.6 is 11.6 Å². The molecule has 1 aliphatic rings. The van der Waals surface area contributed by atoms with Crippen molar-refractivity contribution in [3.8, 4) is 0 Å². The van der Waals surface area contributed by atoms with Gasteiger partial charge in [0.1, 0.15) is 0 Å². The van der Waals surface area contributed by atoms with E-state index in [1.165, 1.54) is 0 Å². The Morgan fingerprint density at radius 1 is 1.43 bits per heavy atom. The van der Waals surface area contributed by atoms with Crippen molar-refractivity contribution in [3.05, 3.63) is 28.8 Å². The Bertz CT molecular complexity index is 602. The van der Waals surface area contributed by atoms with Crippen LogP contribution in [-0.2, 0) is 16.6 Å². The quantitative estimate of drug-likeness (QED) is 0.902. The predicted molar refractivity (Wildman–Crippen MR) is 86.0 cm³/mol. The molecule has 0 aromatic heterocycles. The van der Waals surface area contributed by atoms with Crippen molar-refractivity contribution >= 4 is 21.6 Å². The molecule has 1 heterocycles. The van der Waals surface area contributed by atoms with Gasteiger partial charge < -0.3 is 5.32 Å². The lowest BCUT2D eigenvalue weighted by atomic mass is 10.2. The first-order valence-electron chi connectivity index (χ1n) is 7.36. The molecular weight excluding hydrogens is 308 g/mol. The summed E-state index contributed by atoms with van der Waals surface area (Å²) in [6.45, 7) is 7.21. The summed E-state index contributed by atoms with van der Waals surface area (Å²) < 4.78 is 27.0. The number of hydrogen-bond acceptors (Lipinski definition) is 3. The van der Waals surface area contributed by atoms with Crippen molar-refractivity contribution in [2.45, 2.75) is 57.1 Å². The maximum Gasteiger partial charge on any atom is 0.243 e. The van der Waals surface area contributed by atoms with E-state index in [4.69, 9.17) is 11.6 Å². The zero-order valence-electron chi connectivity index (χ0n) is 12.8. The molecular formula is C15H23ClN2O2S. The SMILES string of the molecule is CC(C)NCc1cc(S(=O)(=O)N2CCCC2C)ccc1Cl. The first-order valence-corrected chi connectivity index (χ1v) is 9.18. The van der Waals surface area contributed by atoms with Crippen LogP contribution in [0.2, 0.25) is 5.02 Å². The molecule has 1 atom stereocenters. The standard InChI is InChI=1S/C15H23ClN2O2S/c1-11(2)17-10-13-9-14(6-7-15(13)16)21(19,20)18-8-4-5-12(18)3/h6-7,9,11-12,17H,4-5,8,10H2,1-3H3. The number of rotatable bonds is 5. The molecule has 4 nitrogen and oxygen atoms in total. The van der Waals surface area contributed by atoms with E-state index in [-0.39, 0.29) is 6.04 Å². The first-order chi connectivity index (χ1) is 9.82. The van der Waals surface area contributed by atoms with E-state index in [0.717, 1.165) is 18.4 Å². The third-order valence-electron chi connectivity index (χ3n) is 3.82. The van der Waals surface area contributed by atoms with Crippen molar-refractivity contribution < 1.29 is 8.42 Å². The van der Waals surface area contributed by atoms with Gasteiger partial charge in [0.05, 0.1) is 4.90 Å². The van der Waals surface area contributed by atoms with Crippen LogP contribution in [0.4, 0.5) is 0 Å². The maximum atomic E-state index is 12.7. The Kier molecular flexibility index (Phi) is 5.30. The molecule has 1 aliphatic heterocycles. The minimum atomic E-state index is -3.42. The summed E-state index contributed by atoms with van der Waals surface area (Å²) in [7, 11) is -3.42. The Morgan fingerprint density at radius 2 is 2.14 bits per heavy atom. The lowest BCUT2D eigenvalue weighted by Gasteiger charge is -2.21. The number of benzene rings is 1. The van der Waals surface area contributed by atoms with Gasteiger partial charge in [-0.25, -0.2) is 8.42 Å². The molecule has 1 aromatic rings. The minimum Gasteiger partial charge on any atom is -0.310 e. The maximum absolute atomic E-state index is 12.7. The molecule has 1 unspecified atom stereocenters. The molecule has 0 bridgehead atoms. The zero-order chi connectivity index (χ0) is 15.6. The summed E-state index contributed by atoms with van der Waals surface area (Å²) in [5, 5.41) is 3.86. The fourth-order valence-electron chi connectivity index (χ4n) is 2.56. The topological polar surface area (TPSA) is 49.4 Å². The number of hydrogen-bond donors (Lipinski definition) is 1. The van der Waals surface area contributed by atoms with E-state index in [9.17, 15) is 8.42 Å². The lowest BCUT2D eigenvalue weighted by Crippen LogP contribution is -2.33. The molecule has 0 spiro atoms. The number of halogens is 1. The van der Waals surface area contributed by atoms with Crippen LogP contribution in [0.1, 0.15) is 39.2 Å². The molecule has 0 amide bonds. The van der Waals surface area contributed by atoms with Gasteiger partial charge in [-0.2, -0.15) is 4.31 Å². The van der Waals surface area contributed by atoms with Crippen molar-refractivity contribution in [3.63, 3.8) is 0 Å². The van der Waals surface area contributed by atoms with Crippen LogP contribution in [-0.4, -0.2) is 31.4 Å². The van der Waals surface area contributed by atoms with E-state index in [1.54, 1.807) is 22.5 Å². The Labute approximate surface area is 132 Å². The average molecular weight is 331 g/mol. The monoisotopic (exact) mass is 330 g/mol. The highest BCUT2D eigenvalue weighted by molar-refractivity contribution is 7.89. The lowest BCUT2D eigenvalue weighted by molar-refractivity contribution is 0.408. The predicted octanol–water partition coefficient (Wildman–Crippen LogP) is 3.01. The number of nitrogens with one attached hydrogen (secondary N) is 1. The third kappa shape index (κ3) is 3.77. The summed E-state index contributed by atoms with van der Waals surface area (Å²) in [5.41, 5.74) is 0.818. The third-order valence-corrected chi connectivity index (χ3v) is 6.19. The van der Waals surface area contributed by atoms with Gasteiger partial charge in [0.15, 0.2) is 0 Å². The normalized spacial score (nSPS) is 20.3. The van der Waals surface area contributed by atoms with Gasteiger partial charge in [-0.05, 0) is 43.5 Å². The van der Waals surface area contributed by atoms with Crippen LogP contribution < -0.4 is 5.32 Å². The van der Waals surface area contributed by atoms with Gasteiger partial charge in [0, 0.05) is 30.2 Å². The second-order valence-electron chi connectivity index (χ2n) is 5.90. The van der Waals surface area contributed by atoms with Crippen LogP contribution in [0.15, 0.2) is 23.1 Å². The number of nitrogens with zero attached hydrogens (tertiary/aromatic N) is 1. The van der Waals surface area contributed by atoms with Gasteiger partial charge in [-0.15, -0.1) is 0 Å². The van der Waals surface area contributed by atoms with Crippen molar-refractivity contribution in [2.24, 2.45) is 0 Å². The van der Waals surface area contributed by atoms with Crippen LogP contribution in [0.5, 0.6) is 0 Å². The van der Waals surface area contributed by atoms with Gasteiger partial charge in [-0.3, -0.25) is 0 Å². The highest BCUT2D eigenvalue weighted by atomic mass is 35.5. The van der Waals surface area contributed by atoms with Crippen molar-refractivity contribution in [2.75, 3.05) is 6.54 Å². The van der Waals surface area contributed by atoms with Gasteiger partial charge >= 0.3 is 0 Å². The Balaban J connectivity index is 2.29. The molecule has 21 heavy (non-hydrogen) atoms. The smallest absolute Gasteiger partial charge is 0.243 e. The van der Waals surface area contributed by atoms with Gasteiger partial charge in [-0.1, -0.05) is 25.4 Å². The summed E-state index contributed by atoms with van der Waals surface area (Å²) in [6.07, 6.45) is 1.85. The molecule has 6 heteroatoms. The van der Waals surface area contributed by atoms with Crippen molar-refractivity contribution in [1.29, 1.82) is 0 Å². The molecule has 2 rings (SSSR count). The van der Waals surface area contributed by atoms with E-state index >= 15 is 0 Å². The molecule has 0 saturated carbocycles. The molecule has 1 N–H and O–H groups in total. The Hall–Kier alpha value is -0.620. The van der Waals surface area contributed by atoms with Gasteiger partial charge in [0.25, 0.3) is 0 Å². The second kappa shape index (κ2) is 6.65.